The molecule has 0 rings (SSSR count). The molecule has 0 aliphatic carbocycles. The maximum absolute atomic E-state index is 0. The normalized spacial score (nSPS) is 0. The largest absolute Gasteiger partial charge is 2.00 e. The average molecular weight is 542 g/mol. The second kappa shape index (κ2) is 99.1. The molecule has 7 heavy (non-hydrogen) atoms. The molecule has 0 aromatic carbocycles. The smallest absolute Gasteiger partial charge is 0 e. The van der Waals surface area contributed by atoms with Crippen molar-refractivity contribution in [1.29, 1.82) is 0 Å². The predicted octanol–water partition coefficient (Wildman–Crippen LogP) is -0.594. The van der Waals surface area contributed by atoms with E-state index in [0.717, 1.165) is 0 Å². The summed E-state index contributed by atoms with van der Waals surface area (Å²) in [4.78, 5) is 0. The molecule has 0 unspecified atom stereocenters. The van der Waals surface area contributed by atoms with E-state index in [1.807, 2.05) is 0 Å². The Bertz CT molecular complexity index is 6.04. The third-order valence-corrected chi connectivity index (χ3v) is 0. The van der Waals surface area contributed by atoms with Crippen LogP contribution in [0.2, 0.25) is 0 Å². The second-order valence-electron chi connectivity index (χ2n) is 0. The van der Waals surface area contributed by atoms with Crippen molar-refractivity contribution in [2.75, 3.05) is 0 Å². The summed E-state index contributed by atoms with van der Waals surface area (Å²) in [6, 6.07) is 0. The zero-order valence-corrected chi connectivity index (χ0v) is 12.8. The molecule has 0 saturated carbocycles. The van der Waals surface area contributed by atoms with Gasteiger partial charge in [-0.25, -0.2) is 0 Å². The van der Waals surface area contributed by atoms with Gasteiger partial charge in [0.25, 0.3) is 0 Å². The van der Waals surface area contributed by atoms with E-state index in [1.165, 1.54) is 0 Å². The van der Waals surface area contributed by atoms with Crippen molar-refractivity contribution < 1.29 is 92.0 Å². The molecular formula is O5Pa2-10. The molecule has 0 spiro atoms. The molecule has 5 nitrogen and oxygen atoms in total. The van der Waals surface area contributed by atoms with Crippen molar-refractivity contribution in [1.82, 2.24) is 0 Å². The van der Waals surface area contributed by atoms with Gasteiger partial charge < -0.3 is 27.4 Å². The molecule has 7 heteroatoms. The Hall–Kier alpha value is 1.98. The number of hydrogen-bond acceptors (Lipinski definition) is 0. The molecule has 0 aromatic heterocycles. The Morgan fingerprint density at radius 3 is 0.286 bits per heavy atom. The minimum atomic E-state index is 0. The SMILES string of the molecule is [O-2].[O-2].[O-2].[O-2].[O-2].[Pa].[Pa]. The van der Waals surface area contributed by atoms with Crippen LogP contribution in [0.5, 0.6) is 0 Å². The van der Waals surface area contributed by atoms with Crippen LogP contribution in [0.15, 0.2) is 0 Å². The van der Waals surface area contributed by atoms with Crippen LogP contribution in [-0.2, 0) is 27.4 Å². The topological polar surface area (TPSA) is 142 Å². The van der Waals surface area contributed by atoms with Gasteiger partial charge in [0, 0.05) is 64.6 Å². The maximum Gasteiger partial charge on any atom is 0 e. The van der Waals surface area contributed by atoms with Gasteiger partial charge in [-0.15, -0.1) is 0 Å². The van der Waals surface area contributed by atoms with Gasteiger partial charge in [0.2, 0.25) is 0 Å². The van der Waals surface area contributed by atoms with Gasteiger partial charge in [0.1, 0.15) is 0 Å². The molecule has 0 heterocycles. The van der Waals surface area contributed by atoms with E-state index < -0.39 is 0 Å². The molecule has 0 atom stereocenters. The molecule has 46 valence electrons. The van der Waals surface area contributed by atoms with Crippen molar-refractivity contribution in [2.24, 2.45) is 0 Å². The molecule has 0 saturated heterocycles. The molecule has 0 aliphatic rings. The standard InChI is InChI=1S/5O.2Pa/q5*-2;;. The van der Waals surface area contributed by atoms with Gasteiger partial charge in [-0.2, -0.15) is 0 Å². The molecule has 2 radical (unpaired) electrons. The Kier molecular flexibility index (Phi) is 2060. The van der Waals surface area contributed by atoms with Gasteiger partial charge in [0.05, 0.1) is 0 Å². The third kappa shape index (κ3) is 72.7. The van der Waals surface area contributed by atoms with Crippen molar-refractivity contribution in [3.05, 3.63) is 0 Å². The molecule has 0 aliphatic heterocycles. The predicted molar refractivity (Wildman–Crippen MR) is 3.43 cm³/mol. The van der Waals surface area contributed by atoms with Crippen LogP contribution < -0.4 is 0 Å². The first-order valence-corrected chi connectivity index (χ1v) is 0. The van der Waals surface area contributed by atoms with Crippen LogP contribution in [0.1, 0.15) is 0 Å². The molecule has 0 N–H and O–H groups in total. The quantitative estimate of drug-likeness (QED) is 0.386. The van der Waals surface area contributed by atoms with Crippen LogP contribution in [0.3, 0.4) is 0 Å². The zero-order valence-electron chi connectivity index (χ0n) is 3.20. The zero-order chi connectivity index (χ0) is 0. The first-order chi connectivity index (χ1) is 0. The van der Waals surface area contributed by atoms with Crippen LogP contribution in [0.4, 0.5) is 0 Å². The maximum atomic E-state index is 0. The summed E-state index contributed by atoms with van der Waals surface area (Å²) in [7, 11) is 0. The first-order valence-electron chi connectivity index (χ1n) is 0. The summed E-state index contributed by atoms with van der Waals surface area (Å²) in [5.74, 6) is 0. The van der Waals surface area contributed by atoms with Gasteiger partial charge >= 0.3 is 0 Å². The van der Waals surface area contributed by atoms with Crippen molar-refractivity contribution >= 4 is 0 Å². The van der Waals surface area contributed by atoms with Gasteiger partial charge in [-0.1, -0.05) is 0 Å². The summed E-state index contributed by atoms with van der Waals surface area (Å²) < 4.78 is 0. The van der Waals surface area contributed by atoms with E-state index in [-0.39, 0.29) is 92.0 Å². The molecule has 0 fully saturated rings. The van der Waals surface area contributed by atoms with Crippen LogP contribution in [-0.4, -0.2) is 0 Å². The summed E-state index contributed by atoms with van der Waals surface area (Å²) >= 11 is 0. The third-order valence-electron chi connectivity index (χ3n) is 0. The fraction of sp³-hybridized carbons (Fsp3) is 0. The molecule has 0 bridgehead atoms. The fourth-order valence-corrected chi connectivity index (χ4v) is 0. The monoisotopic (exact) mass is 542 g/mol. The average Bonchev–Trinajstić information content (AvgIpc) is 0. The van der Waals surface area contributed by atoms with E-state index in [0.29, 0.717) is 0 Å². The Morgan fingerprint density at radius 1 is 0.286 bits per heavy atom. The Balaban J connectivity index is 0. The van der Waals surface area contributed by atoms with Crippen LogP contribution in [0.25, 0.3) is 0 Å². The Morgan fingerprint density at radius 2 is 0.286 bits per heavy atom. The minimum Gasteiger partial charge on any atom is -2.00 e. The summed E-state index contributed by atoms with van der Waals surface area (Å²) in [5.41, 5.74) is 0. The van der Waals surface area contributed by atoms with E-state index in [1.54, 1.807) is 0 Å². The molecule has 0 aromatic rings. The summed E-state index contributed by atoms with van der Waals surface area (Å²) in [6.45, 7) is 0. The van der Waals surface area contributed by atoms with Gasteiger partial charge in [-0.05, 0) is 0 Å². The first kappa shape index (κ1) is 146. The number of hydrogen-bond donors (Lipinski definition) is 0. The van der Waals surface area contributed by atoms with E-state index in [9.17, 15) is 0 Å². The Labute approximate surface area is 90.8 Å². The minimum absolute atomic E-state index is 0. The van der Waals surface area contributed by atoms with Crippen molar-refractivity contribution in [3.8, 4) is 0 Å². The van der Waals surface area contributed by atoms with E-state index in [4.69, 9.17) is 0 Å². The van der Waals surface area contributed by atoms with Crippen LogP contribution >= 0.6 is 0 Å². The van der Waals surface area contributed by atoms with Crippen molar-refractivity contribution in [3.63, 3.8) is 0 Å². The van der Waals surface area contributed by atoms with Gasteiger partial charge in [0.15, 0.2) is 0 Å². The van der Waals surface area contributed by atoms with Gasteiger partial charge in [-0.3, -0.25) is 0 Å². The van der Waals surface area contributed by atoms with E-state index in [2.05, 4.69) is 0 Å². The number of rotatable bonds is 0. The summed E-state index contributed by atoms with van der Waals surface area (Å²) in [6.07, 6.45) is 0. The summed E-state index contributed by atoms with van der Waals surface area (Å²) in [5, 5.41) is 0. The molecule has 0 amide bonds. The van der Waals surface area contributed by atoms with Crippen molar-refractivity contribution in [2.45, 2.75) is 0 Å². The second-order valence-corrected chi connectivity index (χ2v) is 0. The molecular weight excluding hydrogens is 542 g/mol. The van der Waals surface area contributed by atoms with E-state index >= 15 is 0 Å². The fourth-order valence-electron chi connectivity index (χ4n) is 0. The van der Waals surface area contributed by atoms with Crippen LogP contribution in [0, 0.1) is 64.6 Å².